The van der Waals surface area contributed by atoms with Gasteiger partial charge in [0.05, 0.1) is 0 Å². The molecule has 2 heteroatoms. The highest BCUT2D eigenvalue weighted by Gasteiger charge is 2.16. The zero-order chi connectivity index (χ0) is 7.40. The van der Waals surface area contributed by atoms with Crippen molar-refractivity contribution in [2.75, 3.05) is 13.1 Å². The maximum atomic E-state index is 3.59. The summed E-state index contributed by atoms with van der Waals surface area (Å²) < 4.78 is 0. The molecule has 2 atom stereocenters. The normalized spacial score (nSPS) is 34.2. The maximum absolute atomic E-state index is 3.59. The lowest BCUT2D eigenvalue weighted by atomic mass is 10.1. The second kappa shape index (κ2) is 3.94. The van der Waals surface area contributed by atoms with Crippen molar-refractivity contribution in [2.45, 2.75) is 38.8 Å². The number of hydrogen-bond acceptors (Lipinski definition) is 2. The number of rotatable bonds is 2. The third-order valence-corrected chi connectivity index (χ3v) is 2.24. The smallest absolute Gasteiger partial charge is 0.0193 e. The number of nitrogens with one attached hydrogen (secondary N) is 2. The van der Waals surface area contributed by atoms with Gasteiger partial charge in [-0.2, -0.15) is 0 Å². The molecule has 1 aliphatic rings. The third kappa shape index (κ3) is 1.96. The van der Waals surface area contributed by atoms with Gasteiger partial charge in [0.2, 0.25) is 0 Å². The topological polar surface area (TPSA) is 24.1 Å². The monoisotopic (exact) mass is 142 g/mol. The van der Waals surface area contributed by atoms with Gasteiger partial charge in [-0.05, 0) is 12.8 Å². The van der Waals surface area contributed by atoms with E-state index in [1.165, 1.54) is 12.8 Å². The minimum atomic E-state index is 0.707. The lowest BCUT2D eigenvalue weighted by Gasteiger charge is -2.30. The summed E-state index contributed by atoms with van der Waals surface area (Å²) in [5.41, 5.74) is 0. The second-order valence-corrected chi connectivity index (χ2v) is 3.04. The van der Waals surface area contributed by atoms with Crippen molar-refractivity contribution in [3.63, 3.8) is 0 Å². The van der Waals surface area contributed by atoms with Gasteiger partial charge in [-0.3, -0.25) is 0 Å². The Bertz CT molecular complexity index is 83.3. The van der Waals surface area contributed by atoms with Crippen LogP contribution in [0, 0.1) is 0 Å². The van der Waals surface area contributed by atoms with Crippen LogP contribution in [0.3, 0.4) is 0 Å². The minimum Gasteiger partial charge on any atom is -0.314 e. The molecule has 0 aliphatic carbocycles. The Morgan fingerprint density at radius 2 is 1.60 bits per heavy atom. The molecule has 0 aromatic rings. The van der Waals surface area contributed by atoms with E-state index in [0.29, 0.717) is 12.1 Å². The van der Waals surface area contributed by atoms with Crippen LogP contribution in [0.5, 0.6) is 0 Å². The summed E-state index contributed by atoms with van der Waals surface area (Å²) in [5.74, 6) is 0. The van der Waals surface area contributed by atoms with E-state index in [-0.39, 0.29) is 0 Å². The molecule has 0 radical (unpaired) electrons. The van der Waals surface area contributed by atoms with E-state index in [9.17, 15) is 0 Å². The van der Waals surface area contributed by atoms with Crippen LogP contribution in [0.2, 0.25) is 0 Å². The van der Waals surface area contributed by atoms with Gasteiger partial charge in [-0.1, -0.05) is 13.8 Å². The number of hydrogen-bond donors (Lipinski definition) is 2. The predicted octanol–water partition coefficient (Wildman–Crippen LogP) is 0.736. The molecule has 2 nitrogen and oxygen atoms in total. The van der Waals surface area contributed by atoms with Gasteiger partial charge in [0.25, 0.3) is 0 Å². The van der Waals surface area contributed by atoms with E-state index >= 15 is 0 Å². The van der Waals surface area contributed by atoms with E-state index in [0.717, 1.165) is 13.1 Å². The highest BCUT2D eigenvalue weighted by molar-refractivity contribution is 4.81. The Labute approximate surface area is 63.4 Å². The largest absolute Gasteiger partial charge is 0.314 e. The zero-order valence-corrected chi connectivity index (χ0v) is 6.98. The van der Waals surface area contributed by atoms with Crippen molar-refractivity contribution >= 4 is 0 Å². The fourth-order valence-electron chi connectivity index (χ4n) is 1.41. The van der Waals surface area contributed by atoms with Gasteiger partial charge in [0, 0.05) is 25.2 Å². The molecular weight excluding hydrogens is 124 g/mol. The van der Waals surface area contributed by atoms with Crippen molar-refractivity contribution in [3.05, 3.63) is 0 Å². The summed E-state index contributed by atoms with van der Waals surface area (Å²) in [6.45, 7) is 6.76. The van der Waals surface area contributed by atoms with Gasteiger partial charge in [0.15, 0.2) is 0 Å². The minimum absolute atomic E-state index is 0.707. The quantitative estimate of drug-likeness (QED) is 0.594. The Morgan fingerprint density at radius 3 is 2.00 bits per heavy atom. The summed E-state index contributed by atoms with van der Waals surface area (Å²) in [6.07, 6.45) is 2.48. The molecule has 1 fully saturated rings. The highest BCUT2D eigenvalue weighted by atomic mass is 15.1. The molecule has 1 aliphatic heterocycles. The van der Waals surface area contributed by atoms with Crippen molar-refractivity contribution < 1.29 is 0 Å². The van der Waals surface area contributed by atoms with Gasteiger partial charge >= 0.3 is 0 Å². The van der Waals surface area contributed by atoms with Gasteiger partial charge in [-0.15, -0.1) is 0 Å². The van der Waals surface area contributed by atoms with Crippen LogP contribution in [0.25, 0.3) is 0 Å². The SMILES string of the molecule is CC[C@@H]1CNC[C@H](CC)N1. The molecule has 1 rings (SSSR count). The van der Waals surface area contributed by atoms with Crippen LogP contribution in [0.15, 0.2) is 0 Å². The van der Waals surface area contributed by atoms with Crippen LogP contribution in [0.1, 0.15) is 26.7 Å². The Hall–Kier alpha value is -0.0800. The molecule has 0 amide bonds. The number of piperazine rings is 1. The van der Waals surface area contributed by atoms with E-state index in [1.807, 2.05) is 0 Å². The molecular formula is C8H18N2. The third-order valence-electron chi connectivity index (χ3n) is 2.24. The lowest BCUT2D eigenvalue weighted by Crippen LogP contribution is -2.54. The van der Waals surface area contributed by atoms with Crippen LogP contribution in [0.4, 0.5) is 0 Å². The molecule has 1 saturated heterocycles. The van der Waals surface area contributed by atoms with E-state index < -0.39 is 0 Å². The molecule has 10 heavy (non-hydrogen) atoms. The molecule has 0 aromatic carbocycles. The summed E-state index contributed by atoms with van der Waals surface area (Å²) in [7, 11) is 0. The molecule has 0 aromatic heterocycles. The van der Waals surface area contributed by atoms with Crippen LogP contribution in [-0.2, 0) is 0 Å². The summed E-state index contributed by atoms with van der Waals surface area (Å²) in [6, 6.07) is 1.41. The molecule has 0 bridgehead atoms. The van der Waals surface area contributed by atoms with E-state index in [4.69, 9.17) is 0 Å². The first-order valence-corrected chi connectivity index (χ1v) is 4.33. The Morgan fingerprint density at radius 1 is 1.10 bits per heavy atom. The van der Waals surface area contributed by atoms with Gasteiger partial charge < -0.3 is 10.6 Å². The maximum Gasteiger partial charge on any atom is 0.0193 e. The first-order valence-electron chi connectivity index (χ1n) is 4.33. The predicted molar refractivity (Wildman–Crippen MR) is 44.2 cm³/mol. The van der Waals surface area contributed by atoms with Crippen molar-refractivity contribution in [1.82, 2.24) is 10.6 Å². The van der Waals surface area contributed by atoms with Crippen molar-refractivity contribution in [1.29, 1.82) is 0 Å². The molecule has 0 unspecified atom stereocenters. The average Bonchev–Trinajstić information content (AvgIpc) is 2.05. The fraction of sp³-hybridized carbons (Fsp3) is 1.00. The molecule has 0 saturated carbocycles. The van der Waals surface area contributed by atoms with Gasteiger partial charge in [-0.25, -0.2) is 0 Å². The summed E-state index contributed by atoms with van der Waals surface area (Å²) in [5, 5.41) is 7.01. The second-order valence-electron chi connectivity index (χ2n) is 3.04. The molecule has 0 spiro atoms. The van der Waals surface area contributed by atoms with Crippen LogP contribution in [-0.4, -0.2) is 25.2 Å². The standard InChI is InChI=1S/C8H18N2/c1-3-7-5-9-6-8(4-2)10-7/h7-10H,3-6H2,1-2H3/t7-,8+. The molecule has 60 valence electrons. The Balaban J connectivity index is 2.25. The van der Waals surface area contributed by atoms with E-state index in [1.54, 1.807) is 0 Å². The zero-order valence-electron chi connectivity index (χ0n) is 6.98. The summed E-state index contributed by atoms with van der Waals surface area (Å²) >= 11 is 0. The lowest BCUT2D eigenvalue weighted by molar-refractivity contribution is 0.326. The first kappa shape index (κ1) is 8.02. The molecule has 1 heterocycles. The summed E-state index contributed by atoms with van der Waals surface area (Å²) in [4.78, 5) is 0. The average molecular weight is 142 g/mol. The fourth-order valence-corrected chi connectivity index (χ4v) is 1.41. The van der Waals surface area contributed by atoms with Crippen molar-refractivity contribution in [3.8, 4) is 0 Å². The highest BCUT2D eigenvalue weighted by Crippen LogP contribution is 2.00. The van der Waals surface area contributed by atoms with E-state index in [2.05, 4.69) is 24.5 Å². The Kier molecular flexibility index (Phi) is 3.16. The van der Waals surface area contributed by atoms with Crippen LogP contribution >= 0.6 is 0 Å². The first-order chi connectivity index (χ1) is 4.86. The van der Waals surface area contributed by atoms with Gasteiger partial charge in [0.1, 0.15) is 0 Å². The molecule has 2 N–H and O–H groups in total. The van der Waals surface area contributed by atoms with Crippen molar-refractivity contribution in [2.24, 2.45) is 0 Å². The van der Waals surface area contributed by atoms with Crippen LogP contribution < -0.4 is 10.6 Å².